The number of oxazole rings is 1. The number of halogens is 1. The molecule has 0 aliphatic rings. The number of ether oxygens (including phenoxy) is 1. The number of benzene rings is 3. The van der Waals surface area contributed by atoms with Gasteiger partial charge >= 0.3 is 0 Å². The van der Waals surface area contributed by atoms with E-state index in [4.69, 9.17) is 20.8 Å². The Morgan fingerprint density at radius 2 is 1.81 bits per heavy atom. The minimum absolute atomic E-state index is 0.105. The van der Waals surface area contributed by atoms with Gasteiger partial charge in [-0.15, -0.1) is 0 Å². The van der Waals surface area contributed by atoms with E-state index < -0.39 is 0 Å². The number of amides is 1. The Balaban J connectivity index is 1.52. The van der Waals surface area contributed by atoms with Crippen molar-refractivity contribution < 1.29 is 13.9 Å². The van der Waals surface area contributed by atoms with Gasteiger partial charge in [0, 0.05) is 16.3 Å². The van der Waals surface area contributed by atoms with E-state index in [1.165, 1.54) is 5.56 Å². The number of carbonyl (C=O) groups excluding carboxylic acids is 1. The summed E-state index contributed by atoms with van der Waals surface area (Å²) >= 11 is 6.03. The van der Waals surface area contributed by atoms with Crippen LogP contribution >= 0.6 is 11.6 Å². The maximum absolute atomic E-state index is 12.5. The number of fused-ring (bicyclic) bond motifs is 1. The van der Waals surface area contributed by atoms with Crippen molar-refractivity contribution in [3.63, 3.8) is 0 Å². The highest BCUT2D eigenvalue weighted by molar-refractivity contribution is 6.31. The van der Waals surface area contributed by atoms with E-state index in [9.17, 15) is 4.79 Å². The van der Waals surface area contributed by atoms with Gasteiger partial charge in [0.2, 0.25) is 5.89 Å². The van der Waals surface area contributed by atoms with Crippen molar-refractivity contribution in [2.24, 2.45) is 0 Å². The second kappa shape index (κ2) is 8.44. The Kier molecular flexibility index (Phi) is 5.70. The third kappa shape index (κ3) is 4.42. The number of rotatable bonds is 5. The number of hydrogen-bond acceptors (Lipinski definition) is 4. The molecule has 4 aromatic rings. The lowest BCUT2D eigenvalue weighted by Gasteiger charge is -2.12. The first-order valence-corrected chi connectivity index (χ1v) is 10.4. The molecule has 1 amide bonds. The average Bonchev–Trinajstić information content (AvgIpc) is 3.13. The van der Waals surface area contributed by atoms with Crippen molar-refractivity contribution in [3.8, 4) is 17.2 Å². The van der Waals surface area contributed by atoms with Crippen LogP contribution in [0.3, 0.4) is 0 Å². The van der Waals surface area contributed by atoms with Crippen molar-refractivity contribution in [1.82, 2.24) is 4.98 Å². The summed E-state index contributed by atoms with van der Waals surface area (Å²) in [6, 6.07) is 15.0. The summed E-state index contributed by atoms with van der Waals surface area (Å²) in [5.41, 5.74) is 7.18. The van der Waals surface area contributed by atoms with Gasteiger partial charge in [-0.25, -0.2) is 4.98 Å². The van der Waals surface area contributed by atoms with Gasteiger partial charge in [0.25, 0.3) is 5.91 Å². The van der Waals surface area contributed by atoms with Gasteiger partial charge in [0.05, 0.1) is 0 Å². The van der Waals surface area contributed by atoms with Crippen LogP contribution in [0.15, 0.2) is 52.9 Å². The molecule has 5 nitrogen and oxygen atoms in total. The van der Waals surface area contributed by atoms with E-state index in [2.05, 4.69) is 17.2 Å². The van der Waals surface area contributed by atoms with E-state index in [0.717, 1.165) is 33.4 Å². The van der Waals surface area contributed by atoms with Crippen LogP contribution in [0.4, 0.5) is 5.69 Å². The Labute approximate surface area is 186 Å². The van der Waals surface area contributed by atoms with Gasteiger partial charge in [0.15, 0.2) is 12.2 Å². The summed E-state index contributed by atoms with van der Waals surface area (Å²) in [5.74, 6) is 0.873. The fourth-order valence-electron chi connectivity index (χ4n) is 3.34. The zero-order valence-corrected chi connectivity index (χ0v) is 18.6. The molecule has 4 rings (SSSR count). The zero-order chi connectivity index (χ0) is 22.1. The van der Waals surface area contributed by atoms with Crippen molar-refractivity contribution >= 4 is 34.3 Å². The first-order chi connectivity index (χ1) is 14.8. The Morgan fingerprint density at radius 1 is 1.03 bits per heavy atom. The highest BCUT2D eigenvalue weighted by atomic mass is 35.5. The van der Waals surface area contributed by atoms with E-state index in [0.29, 0.717) is 22.4 Å². The first-order valence-electron chi connectivity index (χ1n) is 9.98. The van der Waals surface area contributed by atoms with Gasteiger partial charge in [-0.2, -0.15) is 0 Å². The monoisotopic (exact) mass is 434 g/mol. The average molecular weight is 435 g/mol. The number of nitrogens with one attached hydrogen (secondary N) is 1. The molecule has 0 spiro atoms. The van der Waals surface area contributed by atoms with Crippen molar-refractivity contribution in [1.29, 1.82) is 0 Å². The smallest absolute Gasteiger partial charge is 0.262 e. The van der Waals surface area contributed by atoms with Gasteiger partial charge in [-0.1, -0.05) is 17.7 Å². The lowest BCUT2D eigenvalue weighted by Crippen LogP contribution is -2.20. The number of aromatic nitrogens is 1. The van der Waals surface area contributed by atoms with Crippen LogP contribution in [0, 0.1) is 27.7 Å². The Hall–Kier alpha value is -3.31. The van der Waals surface area contributed by atoms with Crippen molar-refractivity contribution in [2.75, 3.05) is 11.9 Å². The number of hydrogen-bond donors (Lipinski definition) is 1. The highest BCUT2D eigenvalue weighted by Gasteiger charge is 2.15. The molecule has 1 aromatic heterocycles. The highest BCUT2D eigenvalue weighted by Crippen LogP contribution is 2.31. The third-order valence-corrected chi connectivity index (χ3v) is 5.77. The molecule has 0 fully saturated rings. The number of aryl methyl sites for hydroxylation is 3. The van der Waals surface area contributed by atoms with Crippen LogP contribution < -0.4 is 10.1 Å². The lowest BCUT2D eigenvalue weighted by atomic mass is 10.1. The molecule has 158 valence electrons. The summed E-state index contributed by atoms with van der Waals surface area (Å²) in [6.45, 7) is 7.81. The third-order valence-electron chi connectivity index (χ3n) is 5.34. The van der Waals surface area contributed by atoms with E-state index in [1.54, 1.807) is 18.2 Å². The van der Waals surface area contributed by atoms with Gasteiger partial charge in [-0.05, 0) is 92.4 Å². The van der Waals surface area contributed by atoms with E-state index in [1.807, 2.05) is 51.1 Å². The topological polar surface area (TPSA) is 64.4 Å². The molecule has 0 atom stereocenters. The molecule has 0 aliphatic heterocycles. The molecule has 3 aromatic carbocycles. The Bertz CT molecular complexity index is 1250. The normalized spacial score (nSPS) is 11.0. The zero-order valence-electron chi connectivity index (χ0n) is 17.9. The largest absolute Gasteiger partial charge is 0.484 e. The van der Waals surface area contributed by atoms with Crippen LogP contribution in [0.1, 0.15) is 22.3 Å². The summed E-state index contributed by atoms with van der Waals surface area (Å²) < 4.78 is 11.6. The molecule has 1 heterocycles. The fraction of sp³-hybridized carbons (Fsp3) is 0.200. The standard InChI is InChI=1S/C25H23ClN2O3/c1-14-11-22-23(12-15(14)2)31-25(28-22)19-6-5-7-21(17(19)4)27-24(29)13-30-18-8-9-20(26)16(3)10-18/h5-12H,13H2,1-4H3,(H,27,29). The molecule has 31 heavy (non-hydrogen) atoms. The lowest BCUT2D eigenvalue weighted by molar-refractivity contribution is -0.118. The number of anilines is 1. The van der Waals surface area contributed by atoms with E-state index in [-0.39, 0.29) is 12.5 Å². The minimum atomic E-state index is -0.253. The molecule has 1 N–H and O–H groups in total. The van der Waals surface area contributed by atoms with Crippen LogP contribution in [0.2, 0.25) is 5.02 Å². The molecule has 0 saturated carbocycles. The quantitative estimate of drug-likeness (QED) is 0.394. The predicted molar refractivity (Wildman–Crippen MR) is 124 cm³/mol. The Morgan fingerprint density at radius 3 is 2.58 bits per heavy atom. The molecular formula is C25H23ClN2O3. The number of carbonyl (C=O) groups is 1. The maximum Gasteiger partial charge on any atom is 0.262 e. The molecule has 0 aliphatic carbocycles. The van der Waals surface area contributed by atoms with Crippen LogP contribution in [0.5, 0.6) is 5.75 Å². The van der Waals surface area contributed by atoms with Crippen molar-refractivity contribution in [3.05, 3.63) is 75.8 Å². The van der Waals surface area contributed by atoms with Crippen molar-refractivity contribution in [2.45, 2.75) is 27.7 Å². The van der Waals surface area contributed by atoms with Gasteiger partial charge < -0.3 is 14.5 Å². The fourth-order valence-corrected chi connectivity index (χ4v) is 3.46. The second-order valence-corrected chi connectivity index (χ2v) is 8.06. The molecular weight excluding hydrogens is 412 g/mol. The van der Waals surface area contributed by atoms with Crippen LogP contribution in [0.25, 0.3) is 22.6 Å². The van der Waals surface area contributed by atoms with Gasteiger partial charge in [-0.3, -0.25) is 4.79 Å². The molecule has 0 radical (unpaired) electrons. The molecule has 0 unspecified atom stereocenters. The maximum atomic E-state index is 12.5. The summed E-state index contributed by atoms with van der Waals surface area (Å²) in [6.07, 6.45) is 0. The summed E-state index contributed by atoms with van der Waals surface area (Å²) in [5, 5.41) is 3.57. The summed E-state index contributed by atoms with van der Waals surface area (Å²) in [7, 11) is 0. The van der Waals surface area contributed by atoms with E-state index >= 15 is 0 Å². The van der Waals surface area contributed by atoms with Crippen LogP contribution in [-0.4, -0.2) is 17.5 Å². The molecule has 6 heteroatoms. The molecule has 0 bridgehead atoms. The van der Waals surface area contributed by atoms with Crippen LogP contribution in [-0.2, 0) is 4.79 Å². The summed E-state index contributed by atoms with van der Waals surface area (Å²) in [4.78, 5) is 17.1. The predicted octanol–water partition coefficient (Wildman–Crippen LogP) is 6.40. The number of nitrogens with zero attached hydrogens (tertiary/aromatic N) is 1. The second-order valence-electron chi connectivity index (χ2n) is 7.65. The minimum Gasteiger partial charge on any atom is -0.484 e. The first kappa shape index (κ1) is 20.9. The molecule has 0 saturated heterocycles. The van der Waals surface area contributed by atoms with Gasteiger partial charge in [0.1, 0.15) is 11.3 Å². The SMILES string of the molecule is Cc1cc2nc(-c3cccc(NC(=O)COc4ccc(Cl)c(C)c4)c3C)oc2cc1C.